The average molecular weight is 356 g/mol. The maximum Gasteiger partial charge on any atom is 0.161 e. The summed E-state index contributed by atoms with van der Waals surface area (Å²) in [5.41, 5.74) is 6.97. The van der Waals surface area contributed by atoms with Crippen molar-refractivity contribution in [2.75, 3.05) is 7.11 Å². The van der Waals surface area contributed by atoms with Gasteiger partial charge >= 0.3 is 0 Å². The van der Waals surface area contributed by atoms with E-state index in [1.54, 1.807) is 18.4 Å². The van der Waals surface area contributed by atoms with Gasteiger partial charge in [0, 0.05) is 10.5 Å². The molecule has 1 aromatic heterocycles. The number of hydrogen-bond donors (Lipinski definition) is 1. The molecule has 0 aliphatic heterocycles. The molecule has 0 amide bonds. The first-order valence-electron chi connectivity index (χ1n) is 6.37. The van der Waals surface area contributed by atoms with Crippen molar-refractivity contribution in [3.8, 4) is 11.5 Å². The minimum atomic E-state index is 0.133. The summed E-state index contributed by atoms with van der Waals surface area (Å²) in [5.74, 6) is 1.50. The lowest BCUT2D eigenvalue weighted by molar-refractivity contribution is 0.286. The van der Waals surface area contributed by atoms with Gasteiger partial charge in [0.15, 0.2) is 11.5 Å². The largest absolute Gasteiger partial charge is 0.493 e. The normalized spacial score (nSPS) is 12.2. The molecule has 108 valence electrons. The molecule has 1 atom stereocenters. The highest BCUT2D eigenvalue weighted by Gasteiger charge is 2.09. The lowest BCUT2D eigenvalue weighted by Gasteiger charge is -2.13. The van der Waals surface area contributed by atoms with Crippen LogP contribution < -0.4 is 15.2 Å². The Morgan fingerprint density at radius 2 is 2.10 bits per heavy atom. The van der Waals surface area contributed by atoms with Gasteiger partial charge < -0.3 is 15.2 Å². The Hall–Kier alpha value is -1.04. The third-order valence-corrected chi connectivity index (χ3v) is 4.74. The number of halogens is 1. The van der Waals surface area contributed by atoms with E-state index >= 15 is 0 Å². The molecule has 0 saturated heterocycles. The van der Waals surface area contributed by atoms with E-state index in [9.17, 15) is 0 Å². The number of nitrogens with two attached hydrogens (primary N) is 1. The van der Waals surface area contributed by atoms with E-state index in [1.807, 2.05) is 36.6 Å². The van der Waals surface area contributed by atoms with Crippen LogP contribution in [0.3, 0.4) is 0 Å². The van der Waals surface area contributed by atoms with Gasteiger partial charge in [0.05, 0.1) is 12.0 Å². The zero-order chi connectivity index (χ0) is 14.5. The summed E-state index contributed by atoms with van der Waals surface area (Å²) < 4.78 is 12.3. The van der Waals surface area contributed by atoms with E-state index in [2.05, 4.69) is 15.9 Å². The molecule has 0 aliphatic carbocycles. The number of methoxy groups -OCH3 is 1. The van der Waals surface area contributed by atoms with Crippen LogP contribution in [0.2, 0.25) is 0 Å². The first-order valence-corrected chi connectivity index (χ1v) is 8.04. The van der Waals surface area contributed by atoms with Crippen molar-refractivity contribution >= 4 is 27.3 Å². The molecule has 0 fully saturated rings. The van der Waals surface area contributed by atoms with E-state index in [1.165, 1.54) is 0 Å². The second kappa shape index (κ2) is 7.11. The number of benzene rings is 1. The topological polar surface area (TPSA) is 44.5 Å². The summed E-state index contributed by atoms with van der Waals surface area (Å²) >= 11 is 5.16. The molecule has 0 spiro atoms. The van der Waals surface area contributed by atoms with Gasteiger partial charge in [0.1, 0.15) is 6.61 Å². The van der Waals surface area contributed by atoms with Gasteiger partial charge in [-0.3, -0.25) is 0 Å². The monoisotopic (exact) mass is 355 g/mol. The van der Waals surface area contributed by atoms with Gasteiger partial charge in [-0.25, -0.2) is 0 Å². The zero-order valence-corrected chi connectivity index (χ0v) is 14.0. The summed E-state index contributed by atoms with van der Waals surface area (Å²) in [6.45, 7) is 2.52. The summed E-state index contributed by atoms with van der Waals surface area (Å²) in [6, 6.07) is 8.12. The van der Waals surface area contributed by atoms with Gasteiger partial charge in [0.25, 0.3) is 0 Å². The minimum absolute atomic E-state index is 0.133. The number of ether oxygens (including phenoxy) is 2. The van der Waals surface area contributed by atoms with Crippen molar-refractivity contribution in [2.45, 2.75) is 26.0 Å². The molecular formula is C15H18BrNO2S. The molecule has 5 heteroatoms. The van der Waals surface area contributed by atoms with Gasteiger partial charge in [0.2, 0.25) is 0 Å². The summed E-state index contributed by atoms with van der Waals surface area (Å²) in [5, 5.41) is 2.03. The molecule has 0 saturated carbocycles. The average Bonchev–Trinajstić information content (AvgIpc) is 2.82. The van der Waals surface area contributed by atoms with Gasteiger partial charge in [-0.1, -0.05) is 6.07 Å². The Balaban J connectivity index is 2.09. The van der Waals surface area contributed by atoms with Crippen molar-refractivity contribution in [3.63, 3.8) is 0 Å². The highest BCUT2D eigenvalue weighted by atomic mass is 79.9. The number of thiophene rings is 1. The molecule has 1 heterocycles. The van der Waals surface area contributed by atoms with Crippen LogP contribution >= 0.6 is 27.3 Å². The Morgan fingerprint density at radius 3 is 2.70 bits per heavy atom. The molecule has 3 nitrogen and oxygen atoms in total. The van der Waals surface area contributed by atoms with Crippen molar-refractivity contribution in [2.24, 2.45) is 5.73 Å². The molecule has 0 radical (unpaired) electrons. The third-order valence-electron chi connectivity index (χ3n) is 2.84. The lowest BCUT2D eigenvalue weighted by Crippen LogP contribution is -2.17. The van der Waals surface area contributed by atoms with Crippen LogP contribution in [0.1, 0.15) is 17.4 Å². The lowest BCUT2D eigenvalue weighted by atomic mass is 10.1. The fourth-order valence-electron chi connectivity index (χ4n) is 1.90. The Bertz CT molecular complexity index is 569. The van der Waals surface area contributed by atoms with Crippen LogP contribution in [0.15, 0.2) is 34.1 Å². The van der Waals surface area contributed by atoms with Crippen LogP contribution in [-0.4, -0.2) is 13.2 Å². The fourth-order valence-corrected chi connectivity index (χ4v) is 3.28. The molecule has 1 unspecified atom stereocenters. The predicted molar refractivity (Wildman–Crippen MR) is 86.7 cm³/mol. The Labute approximate surface area is 131 Å². The molecular weight excluding hydrogens is 338 g/mol. The highest BCUT2D eigenvalue weighted by molar-refractivity contribution is 9.10. The van der Waals surface area contributed by atoms with Crippen LogP contribution in [0, 0.1) is 0 Å². The molecule has 2 rings (SSSR count). The van der Waals surface area contributed by atoms with E-state index in [-0.39, 0.29) is 6.04 Å². The first kappa shape index (κ1) is 15.4. The van der Waals surface area contributed by atoms with Crippen LogP contribution in [0.5, 0.6) is 11.5 Å². The first-order chi connectivity index (χ1) is 9.60. The molecule has 2 aromatic rings. The fraction of sp³-hybridized carbons (Fsp3) is 0.333. The molecule has 20 heavy (non-hydrogen) atoms. The second-order valence-electron chi connectivity index (χ2n) is 4.65. The Morgan fingerprint density at radius 1 is 1.30 bits per heavy atom. The van der Waals surface area contributed by atoms with E-state index in [4.69, 9.17) is 15.2 Å². The van der Waals surface area contributed by atoms with Gasteiger partial charge in [-0.15, -0.1) is 11.3 Å². The van der Waals surface area contributed by atoms with Gasteiger partial charge in [-0.05, 0) is 58.4 Å². The Kier molecular flexibility index (Phi) is 5.46. The second-order valence-corrected chi connectivity index (χ2v) is 6.50. The summed E-state index contributed by atoms with van der Waals surface area (Å²) in [6.07, 6.45) is 0.827. The standard InChI is InChI=1S/C15H18BrNO2S/c1-10(17)7-11-3-4-13(14(8-11)18-2)19-9-15-12(16)5-6-20-15/h3-6,8,10H,7,9,17H2,1-2H3. The minimum Gasteiger partial charge on any atom is -0.493 e. The maximum atomic E-state index is 5.84. The quantitative estimate of drug-likeness (QED) is 0.851. The van der Waals surface area contributed by atoms with Crippen molar-refractivity contribution in [1.29, 1.82) is 0 Å². The van der Waals surface area contributed by atoms with Crippen LogP contribution in [-0.2, 0) is 13.0 Å². The zero-order valence-electron chi connectivity index (χ0n) is 11.6. The third kappa shape index (κ3) is 3.98. The summed E-state index contributed by atoms with van der Waals surface area (Å²) in [7, 11) is 1.65. The number of hydrogen-bond acceptors (Lipinski definition) is 4. The highest BCUT2D eigenvalue weighted by Crippen LogP contribution is 2.31. The van der Waals surface area contributed by atoms with E-state index in [0.717, 1.165) is 32.8 Å². The van der Waals surface area contributed by atoms with E-state index < -0.39 is 0 Å². The van der Waals surface area contributed by atoms with E-state index in [0.29, 0.717) is 6.61 Å². The molecule has 0 bridgehead atoms. The van der Waals surface area contributed by atoms with Crippen LogP contribution in [0.25, 0.3) is 0 Å². The smallest absolute Gasteiger partial charge is 0.161 e. The van der Waals surface area contributed by atoms with Crippen molar-refractivity contribution in [1.82, 2.24) is 0 Å². The van der Waals surface area contributed by atoms with Crippen molar-refractivity contribution in [3.05, 3.63) is 44.6 Å². The molecule has 1 aromatic carbocycles. The predicted octanol–water partition coefficient (Wildman–Crippen LogP) is 3.99. The summed E-state index contributed by atoms with van der Waals surface area (Å²) in [4.78, 5) is 1.16. The van der Waals surface area contributed by atoms with Crippen LogP contribution in [0.4, 0.5) is 0 Å². The molecule has 2 N–H and O–H groups in total. The SMILES string of the molecule is COc1cc(CC(C)N)ccc1OCc1sccc1Br. The molecule has 0 aliphatic rings. The van der Waals surface area contributed by atoms with Crippen molar-refractivity contribution < 1.29 is 9.47 Å². The number of rotatable bonds is 6. The van der Waals surface area contributed by atoms with Gasteiger partial charge in [-0.2, -0.15) is 0 Å². The maximum absolute atomic E-state index is 5.84.